The van der Waals surface area contributed by atoms with Crippen LogP contribution in [0.15, 0.2) is 47.5 Å². The van der Waals surface area contributed by atoms with E-state index in [9.17, 15) is 13.2 Å². The summed E-state index contributed by atoms with van der Waals surface area (Å²) in [4.78, 5) is 14.7. The van der Waals surface area contributed by atoms with Crippen LogP contribution in [0.2, 0.25) is 0 Å². The highest BCUT2D eigenvalue weighted by molar-refractivity contribution is 7.90. The largest absolute Gasteiger partial charge is 0.349 e. The van der Waals surface area contributed by atoms with E-state index in [1.807, 2.05) is 6.07 Å². The Morgan fingerprint density at radius 1 is 1.21 bits per heavy atom. The minimum atomic E-state index is -3.22. The Hall–Kier alpha value is -2.12. The summed E-state index contributed by atoms with van der Waals surface area (Å²) in [5.41, 5.74) is 1.81. The minimum absolute atomic E-state index is 0.103. The third-order valence-corrected chi connectivity index (χ3v) is 5.51. The van der Waals surface area contributed by atoms with E-state index in [1.165, 1.54) is 17.8 Å². The molecule has 1 N–H and O–H groups in total. The molecular formula is C17H21N3O3S. The standard InChI is InChI=1S/C17H21N3O3S/c1-13-16-4-3-9-19(16)10-11-20(13)12-17(21)18-14-5-7-15(8-6-14)24(2,22)23/h3-9,13H,10-12H2,1-2H3,(H,18,21)/t13-/m0/s1. The highest BCUT2D eigenvalue weighted by atomic mass is 32.2. The molecule has 1 aromatic carbocycles. The Kier molecular flexibility index (Phi) is 4.47. The first-order valence-corrected chi connectivity index (χ1v) is 9.73. The molecule has 0 spiro atoms. The molecule has 1 atom stereocenters. The fourth-order valence-corrected chi connectivity index (χ4v) is 3.64. The van der Waals surface area contributed by atoms with Gasteiger partial charge in [0.2, 0.25) is 5.91 Å². The van der Waals surface area contributed by atoms with Gasteiger partial charge < -0.3 is 9.88 Å². The fourth-order valence-electron chi connectivity index (χ4n) is 3.01. The van der Waals surface area contributed by atoms with Crippen molar-refractivity contribution in [3.05, 3.63) is 48.3 Å². The zero-order valence-electron chi connectivity index (χ0n) is 13.8. The van der Waals surface area contributed by atoms with Gasteiger partial charge in [-0.1, -0.05) is 0 Å². The van der Waals surface area contributed by atoms with Gasteiger partial charge in [-0.25, -0.2) is 8.42 Å². The van der Waals surface area contributed by atoms with Crippen LogP contribution in [0.1, 0.15) is 18.7 Å². The topological polar surface area (TPSA) is 71.4 Å². The number of rotatable bonds is 4. The molecule has 6 nitrogen and oxygen atoms in total. The molecule has 1 aliphatic heterocycles. The second-order valence-electron chi connectivity index (χ2n) is 6.12. The number of sulfone groups is 1. The molecule has 3 rings (SSSR count). The zero-order valence-corrected chi connectivity index (χ0v) is 14.6. The van der Waals surface area contributed by atoms with Crippen molar-refractivity contribution in [1.82, 2.24) is 9.47 Å². The lowest BCUT2D eigenvalue weighted by atomic mass is 10.1. The van der Waals surface area contributed by atoms with Crippen LogP contribution in [0.5, 0.6) is 0 Å². The van der Waals surface area contributed by atoms with Gasteiger partial charge in [0, 0.05) is 43.0 Å². The number of anilines is 1. The van der Waals surface area contributed by atoms with Crippen molar-refractivity contribution in [3.8, 4) is 0 Å². The first-order valence-electron chi connectivity index (χ1n) is 7.83. The van der Waals surface area contributed by atoms with Crippen LogP contribution in [-0.2, 0) is 21.2 Å². The van der Waals surface area contributed by atoms with Crippen molar-refractivity contribution in [2.24, 2.45) is 0 Å². The zero-order chi connectivity index (χ0) is 17.3. The van der Waals surface area contributed by atoms with Crippen molar-refractivity contribution < 1.29 is 13.2 Å². The smallest absolute Gasteiger partial charge is 0.238 e. The molecule has 7 heteroatoms. The van der Waals surface area contributed by atoms with Crippen LogP contribution in [0.25, 0.3) is 0 Å². The average molecular weight is 347 g/mol. The molecule has 0 saturated carbocycles. The van der Waals surface area contributed by atoms with Crippen LogP contribution in [-0.4, -0.2) is 43.1 Å². The second kappa shape index (κ2) is 6.41. The molecule has 128 valence electrons. The summed E-state index contributed by atoms with van der Waals surface area (Å²) >= 11 is 0. The number of amides is 1. The average Bonchev–Trinajstić information content (AvgIpc) is 2.99. The molecule has 0 saturated heterocycles. The second-order valence-corrected chi connectivity index (χ2v) is 8.13. The normalized spacial score (nSPS) is 18.2. The maximum atomic E-state index is 12.3. The van der Waals surface area contributed by atoms with Crippen molar-refractivity contribution >= 4 is 21.4 Å². The fraction of sp³-hybridized carbons (Fsp3) is 0.353. The van der Waals surface area contributed by atoms with E-state index >= 15 is 0 Å². The van der Waals surface area contributed by atoms with Gasteiger partial charge in [-0.2, -0.15) is 0 Å². The predicted octanol–water partition coefficient (Wildman–Crippen LogP) is 1.91. The number of hydrogen-bond acceptors (Lipinski definition) is 4. The number of nitrogens with one attached hydrogen (secondary N) is 1. The Morgan fingerprint density at radius 2 is 1.92 bits per heavy atom. The summed E-state index contributed by atoms with van der Waals surface area (Å²) in [5, 5.41) is 2.82. The lowest BCUT2D eigenvalue weighted by Crippen LogP contribution is -2.41. The molecule has 0 bridgehead atoms. The summed E-state index contributed by atoms with van der Waals surface area (Å²) in [7, 11) is -3.22. The molecule has 0 radical (unpaired) electrons. The Labute approximate surface area is 142 Å². The number of fused-ring (bicyclic) bond motifs is 1. The van der Waals surface area contributed by atoms with Crippen molar-refractivity contribution in [2.75, 3.05) is 24.7 Å². The van der Waals surface area contributed by atoms with Crippen molar-refractivity contribution in [3.63, 3.8) is 0 Å². The monoisotopic (exact) mass is 347 g/mol. The third-order valence-electron chi connectivity index (χ3n) is 4.38. The van der Waals surface area contributed by atoms with E-state index in [4.69, 9.17) is 0 Å². The summed E-state index contributed by atoms with van der Waals surface area (Å²) in [6.07, 6.45) is 3.22. The van der Waals surface area contributed by atoms with Crippen LogP contribution < -0.4 is 5.32 Å². The number of nitrogens with zero attached hydrogens (tertiary/aromatic N) is 2. The molecule has 0 fully saturated rings. The number of hydrogen-bond donors (Lipinski definition) is 1. The van der Waals surface area contributed by atoms with Crippen LogP contribution in [0.4, 0.5) is 5.69 Å². The molecule has 0 unspecified atom stereocenters. The van der Waals surface area contributed by atoms with Gasteiger partial charge in [0.05, 0.1) is 11.4 Å². The number of carbonyl (C=O) groups is 1. The molecule has 1 amide bonds. The van der Waals surface area contributed by atoms with Crippen molar-refractivity contribution in [1.29, 1.82) is 0 Å². The maximum absolute atomic E-state index is 12.3. The third kappa shape index (κ3) is 3.52. The predicted molar refractivity (Wildman–Crippen MR) is 92.6 cm³/mol. The SMILES string of the molecule is C[C@H]1c2cccn2CCN1CC(=O)Nc1ccc(S(C)(=O)=O)cc1. The summed E-state index contributed by atoms with van der Waals surface area (Å²) in [5.74, 6) is -0.103. The molecule has 1 aromatic heterocycles. The van der Waals surface area contributed by atoms with Gasteiger partial charge in [-0.05, 0) is 43.3 Å². The molecule has 1 aliphatic rings. The first-order chi connectivity index (χ1) is 11.3. The molecule has 24 heavy (non-hydrogen) atoms. The lowest BCUT2D eigenvalue weighted by molar-refractivity contribution is -0.118. The van der Waals surface area contributed by atoms with Gasteiger partial charge >= 0.3 is 0 Å². The molecular weight excluding hydrogens is 326 g/mol. The number of aromatic nitrogens is 1. The van der Waals surface area contributed by atoms with Crippen LogP contribution in [0.3, 0.4) is 0 Å². The summed E-state index contributed by atoms with van der Waals surface area (Å²) in [6, 6.07) is 10.5. The molecule has 2 heterocycles. The Balaban J connectivity index is 1.62. The minimum Gasteiger partial charge on any atom is -0.349 e. The quantitative estimate of drug-likeness (QED) is 0.917. The first kappa shape index (κ1) is 16.7. The van der Waals surface area contributed by atoms with Gasteiger partial charge in [0.25, 0.3) is 0 Å². The van der Waals surface area contributed by atoms with E-state index in [-0.39, 0.29) is 16.8 Å². The van der Waals surface area contributed by atoms with Crippen molar-refractivity contribution in [2.45, 2.75) is 24.4 Å². The summed E-state index contributed by atoms with van der Waals surface area (Å²) < 4.78 is 25.1. The van der Waals surface area contributed by atoms with Crippen LogP contribution >= 0.6 is 0 Å². The Morgan fingerprint density at radius 3 is 2.58 bits per heavy atom. The number of benzene rings is 1. The van der Waals surface area contributed by atoms with Gasteiger partial charge in [0.1, 0.15) is 0 Å². The summed E-state index contributed by atoms with van der Waals surface area (Å²) in [6.45, 7) is 4.10. The highest BCUT2D eigenvalue weighted by Gasteiger charge is 2.24. The van der Waals surface area contributed by atoms with Gasteiger partial charge in [-0.3, -0.25) is 9.69 Å². The van der Waals surface area contributed by atoms with Gasteiger partial charge in [-0.15, -0.1) is 0 Å². The maximum Gasteiger partial charge on any atom is 0.238 e. The lowest BCUT2D eigenvalue weighted by Gasteiger charge is -2.34. The van der Waals surface area contributed by atoms with E-state index < -0.39 is 9.84 Å². The molecule has 2 aromatic rings. The van der Waals surface area contributed by atoms with E-state index in [2.05, 4.69) is 34.0 Å². The van der Waals surface area contributed by atoms with Crippen LogP contribution in [0, 0.1) is 0 Å². The number of carbonyl (C=O) groups excluding carboxylic acids is 1. The highest BCUT2D eigenvalue weighted by Crippen LogP contribution is 2.25. The van der Waals surface area contributed by atoms with Gasteiger partial charge in [0.15, 0.2) is 9.84 Å². The van der Waals surface area contributed by atoms with E-state index in [0.717, 1.165) is 19.3 Å². The van der Waals surface area contributed by atoms with E-state index in [1.54, 1.807) is 12.1 Å². The van der Waals surface area contributed by atoms with E-state index in [0.29, 0.717) is 12.2 Å². The molecule has 0 aliphatic carbocycles. The Bertz CT molecular complexity index is 840.